The minimum Gasteiger partial charge on any atom is -0.478 e. The van der Waals surface area contributed by atoms with Gasteiger partial charge in [0, 0.05) is 9.79 Å². The van der Waals surface area contributed by atoms with Crippen molar-refractivity contribution in [3.63, 3.8) is 0 Å². The fourth-order valence-electron chi connectivity index (χ4n) is 1.88. The summed E-state index contributed by atoms with van der Waals surface area (Å²) in [5.41, 5.74) is 1.74. The molecule has 0 aromatic heterocycles. The zero-order chi connectivity index (χ0) is 14.8. The van der Waals surface area contributed by atoms with Gasteiger partial charge < -0.3 is 5.11 Å². The van der Waals surface area contributed by atoms with Crippen LogP contribution in [0.1, 0.15) is 36.7 Å². The summed E-state index contributed by atoms with van der Waals surface area (Å²) in [4.78, 5) is 13.0. The van der Waals surface area contributed by atoms with Crippen molar-refractivity contribution < 1.29 is 9.90 Å². The lowest BCUT2D eigenvalue weighted by atomic mass is 9.87. The molecule has 0 amide bonds. The van der Waals surface area contributed by atoms with E-state index in [2.05, 4.69) is 32.9 Å². The van der Waals surface area contributed by atoms with E-state index in [-0.39, 0.29) is 5.41 Å². The Morgan fingerprint density at radius 2 is 1.60 bits per heavy atom. The first-order chi connectivity index (χ1) is 9.38. The van der Waals surface area contributed by atoms with E-state index in [1.165, 1.54) is 17.3 Å². The second kappa shape index (κ2) is 5.71. The second-order valence-electron chi connectivity index (χ2n) is 5.68. The van der Waals surface area contributed by atoms with Crippen LogP contribution in [0.5, 0.6) is 0 Å². The van der Waals surface area contributed by atoms with Crippen molar-refractivity contribution >= 4 is 17.7 Å². The Morgan fingerprint density at radius 3 is 2.15 bits per heavy atom. The summed E-state index contributed by atoms with van der Waals surface area (Å²) in [7, 11) is 0. The normalized spacial score (nSPS) is 11.3. The molecule has 1 N–H and O–H groups in total. The molecule has 0 spiro atoms. The van der Waals surface area contributed by atoms with Crippen LogP contribution >= 0.6 is 11.8 Å². The van der Waals surface area contributed by atoms with E-state index in [9.17, 15) is 9.90 Å². The number of hydrogen-bond donors (Lipinski definition) is 1. The fraction of sp³-hybridized carbons (Fsp3) is 0.235. The first-order valence-electron chi connectivity index (χ1n) is 6.48. The average molecular weight is 286 g/mol. The topological polar surface area (TPSA) is 37.3 Å². The van der Waals surface area contributed by atoms with Gasteiger partial charge in [0.15, 0.2) is 0 Å². The molecule has 0 aliphatic heterocycles. The number of carbonyl (C=O) groups is 1. The smallest absolute Gasteiger partial charge is 0.336 e. The molecule has 104 valence electrons. The molecule has 2 aromatic rings. The maximum Gasteiger partial charge on any atom is 0.336 e. The highest BCUT2D eigenvalue weighted by Gasteiger charge is 2.14. The standard InChI is InChI=1S/C17H18O2S/c1-17(2,3)12-8-10-13(11-9-12)20-15-7-5-4-6-14(15)16(18)19/h4-11H,1-3H3,(H,18,19). The van der Waals surface area contributed by atoms with Crippen molar-refractivity contribution in [2.24, 2.45) is 0 Å². The van der Waals surface area contributed by atoms with Crippen LogP contribution in [0.2, 0.25) is 0 Å². The first kappa shape index (κ1) is 14.7. The van der Waals surface area contributed by atoms with Crippen LogP contribution < -0.4 is 0 Å². The Kier molecular flexibility index (Phi) is 4.19. The molecule has 0 atom stereocenters. The average Bonchev–Trinajstić information content (AvgIpc) is 2.38. The van der Waals surface area contributed by atoms with Crippen LogP contribution in [-0.2, 0) is 5.41 Å². The minimum atomic E-state index is -0.889. The predicted octanol–water partition coefficient (Wildman–Crippen LogP) is 4.83. The van der Waals surface area contributed by atoms with Crippen molar-refractivity contribution in [2.75, 3.05) is 0 Å². The molecular formula is C17H18O2S. The summed E-state index contributed by atoms with van der Waals surface area (Å²) in [6.45, 7) is 6.53. The third-order valence-corrected chi connectivity index (χ3v) is 4.15. The number of benzene rings is 2. The Morgan fingerprint density at radius 1 is 1.00 bits per heavy atom. The van der Waals surface area contributed by atoms with Crippen LogP contribution in [0.15, 0.2) is 58.3 Å². The highest BCUT2D eigenvalue weighted by atomic mass is 32.2. The van der Waals surface area contributed by atoms with Gasteiger partial charge in [0.05, 0.1) is 5.56 Å². The maximum atomic E-state index is 11.2. The zero-order valence-corrected chi connectivity index (χ0v) is 12.7. The highest BCUT2D eigenvalue weighted by molar-refractivity contribution is 7.99. The molecule has 0 aliphatic rings. The van der Waals surface area contributed by atoms with E-state index < -0.39 is 5.97 Å². The molecule has 0 bridgehead atoms. The van der Waals surface area contributed by atoms with E-state index in [0.717, 1.165) is 9.79 Å². The van der Waals surface area contributed by atoms with Crippen molar-refractivity contribution in [1.29, 1.82) is 0 Å². The van der Waals surface area contributed by atoms with Crippen LogP contribution in [0.25, 0.3) is 0 Å². The molecule has 0 unspecified atom stereocenters. The lowest BCUT2D eigenvalue weighted by molar-refractivity contribution is 0.0693. The fourth-order valence-corrected chi connectivity index (χ4v) is 2.82. The Bertz CT molecular complexity index is 610. The SMILES string of the molecule is CC(C)(C)c1ccc(Sc2ccccc2C(=O)O)cc1. The van der Waals surface area contributed by atoms with Gasteiger partial charge in [-0.25, -0.2) is 4.79 Å². The lowest BCUT2D eigenvalue weighted by Gasteiger charge is -2.19. The number of carboxylic acid groups (broad SMARTS) is 1. The van der Waals surface area contributed by atoms with E-state index in [0.29, 0.717) is 5.56 Å². The van der Waals surface area contributed by atoms with Crippen molar-refractivity contribution in [2.45, 2.75) is 36.0 Å². The molecule has 0 saturated heterocycles. The monoisotopic (exact) mass is 286 g/mol. The van der Waals surface area contributed by atoms with Crippen molar-refractivity contribution in [3.05, 3.63) is 59.7 Å². The summed E-state index contributed by atoms with van der Waals surface area (Å²) in [5, 5.41) is 9.18. The molecule has 2 nitrogen and oxygen atoms in total. The van der Waals surface area contributed by atoms with Gasteiger partial charge in [0.25, 0.3) is 0 Å². The predicted molar refractivity (Wildman–Crippen MR) is 82.7 cm³/mol. The molecule has 3 heteroatoms. The minimum absolute atomic E-state index is 0.127. The Hall–Kier alpha value is -1.74. The number of carboxylic acids is 1. The molecule has 0 fully saturated rings. The summed E-state index contributed by atoms with van der Waals surface area (Å²) >= 11 is 1.48. The van der Waals surface area contributed by atoms with Gasteiger partial charge in [-0.05, 0) is 35.2 Å². The van der Waals surface area contributed by atoms with Crippen LogP contribution in [0, 0.1) is 0 Å². The molecule has 20 heavy (non-hydrogen) atoms. The van der Waals surface area contributed by atoms with Gasteiger partial charge in [-0.1, -0.05) is 56.8 Å². The molecule has 0 radical (unpaired) electrons. The number of aromatic carboxylic acids is 1. The van der Waals surface area contributed by atoms with Gasteiger partial charge in [0.1, 0.15) is 0 Å². The lowest BCUT2D eigenvalue weighted by Crippen LogP contribution is -2.10. The Balaban J connectivity index is 2.25. The van der Waals surface area contributed by atoms with Crippen LogP contribution in [0.4, 0.5) is 0 Å². The van der Waals surface area contributed by atoms with E-state index in [1.807, 2.05) is 24.3 Å². The van der Waals surface area contributed by atoms with Gasteiger partial charge in [-0.15, -0.1) is 0 Å². The van der Waals surface area contributed by atoms with Gasteiger partial charge in [-0.2, -0.15) is 0 Å². The molecular weight excluding hydrogens is 268 g/mol. The van der Waals surface area contributed by atoms with Crippen molar-refractivity contribution in [1.82, 2.24) is 0 Å². The van der Waals surface area contributed by atoms with Crippen molar-refractivity contribution in [3.8, 4) is 0 Å². The number of rotatable bonds is 3. The summed E-state index contributed by atoms with van der Waals surface area (Å²) in [5.74, 6) is -0.889. The largest absolute Gasteiger partial charge is 0.478 e. The highest BCUT2D eigenvalue weighted by Crippen LogP contribution is 2.32. The van der Waals surface area contributed by atoms with E-state index >= 15 is 0 Å². The second-order valence-corrected chi connectivity index (χ2v) is 6.79. The summed E-state index contributed by atoms with van der Waals surface area (Å²) < 4.78 is 0. The van der Waals surface area contributed by atoms with Gasteiger partial charge in [-0.3, -0.25) is 0 Å². The molecule has 2 rings (SSSR count). The van der Waals surface area contributed by atoms with E-state index in [4.69, 9.17) is 0 Å². The molecule has 0 heterocycles. The zero-order valence-electron chi connectivity index (χ0n) is 11.9. The number of hydrogen-bond acceptors (Lipinski definition) is 2. The molecule has 0 saturated carbocycles. The first-order valence-corrected chi connectivity index (χ1v) is 7.30. The van der Waals surface area contributed by atoms with Crippen LogP contribution in [0.3, 0.4) is 0 Å². The molecule has 0 aliphatic carbocycles. The quantitative estimate of drug-likeness (QED) is 0.877. The third kappa shape index (κ3) is 3.42. The maximum absolute atomic E-state index is 11.2. The van der Waals surface area contributed by atoms with Gasteiger partial charge >= 0.3 is 5.97 Å². The summed E-state index contributed by atoms with van der Waals surface area (Å²) in [6, 6.07) is 15.4. The third-order valence-electron chi connectivity index (χ3n) is 3.07. The molecule has 2 aromatic carbocycles. The van der Waals surface area contributed by atoms with E-state index in [1.54, 1.807) is 12.1 Å². The summed E-state index contributed by atoms with van der Waals surface area (Å²) in [6.07, 6.45) is 0. The van der Waals surface area contributed by atoms with Gasteiger partial charge in [0.2, 0.25) is 0 Å². The Labute approximate surface area is 123 Å². The van der Waals surface area contributed by atoms with Crippen LogP contribution in [-0.4, -0.2) is 11.1 Å².